The molecule has 172 valence electrons. The highest BCUT2D eigenvalue weighted by Gasteiger charge is 2.32. The summed E-state index contributed by atoms with van der Waals surface area (Å²) in [6, 6.07) is 9.44. The van der Waals surface area contributed by atoms with Gasteiger partial charge in [0.05, 0.1) is 21.7 Å². The number of nitrogens with zero attached hydrogens (tertiary/aromatic N) is 8. The molecule has 2 aliphatic heterocycles. The van der Waals surface area contributed by atoms with E-state index < -0.39 is 0 Å². The Morgan fingerprint density at radius 2 is 1.73 bits per heavy atom. The van der Waals surface area contributed by atoms with E-state index in [0.29, 0.717) is 35.5 Å². The Balaban J connectivity index is 1.19. The number of piperidine rings is 1. The smallest absolute Gasteiger partial charge is 0.227 e. The van der Waals surface area contributed by atoms with Crippen molar-refractivity contribution in [3.8, 4) is 5.82 Å². The second-order valence-corrected chi connectivity index (χ2v) is 9.05. The molecule has 5 rings (SSSR count). The van der Waals surface area contributed by atoms with Crippen LogP contribution in [0.3, 0.4) is 0 Å². The van der Waals surface area contributed by atoms with E-state index in [1.807, 2.05) is 29.2 Å². The summed E-state index contributed by atoms with van der Waals surface area (Å²) >= 11 is 12.5. The molecule has 9 nitrogen and oxygen atoms in total. The molecule has 33 heavy (non-hydrogen) atoms. The van der Waals surface area contributed by atoms with E-state index in [1.54, 1.807) is 17.1 Å². The van der Waals surface area contributed by atoms with E-state index in [0.717, 1.165) is 44.0 Å². The number of piperazine rings is 1. The maximum absolute atomic E-state index is 13.3. The van der Waals surface area contributed by atoms with Gasteiger partial charge < -0.3 is 14.7 Å². The largest absolute Gasteiger partial charge is 0.367 e. The van der Waals surface area contributed by atoms with Gasteiger partial charge in [0, 0.05) is 39.3 Å². The second kappa shape index (κ2) is 9.52. The van der Waals surface area contributed by atoms with Gasteiger partial charge in [-0.15, -0.1) is 10.2 Å². The van der Waals surface area contributed by atoms with Crippen LogP contribution < -0.4 is 9.80 Å². The quantitative estimate of drug-likeness (QED) is 0.560. The average molecular weight is 487 g/mol. The number of amides is 1. The molecule has 2 aromatic heterocycles. The molecule has 2 saturated heterocycles. The minimum absolute atomic E-state index is 0.0446. The summed E-state index contributed by atoms with van der Waals surface area (Å²) in [6.07, 6.45) is 4.88. The Labute approximate surface area is 201 Å². The van der Waals surface area contributed by atoms with E-state index >= 15 is 0 Å². The lowest BCUT2D eigenvalue weighted by Gasteiger charge is -2.40. The van der Waals surface area contributed by atoms with E-state index in [4.69, 9.17) is 23.2 Å². The van der Waals surface area contributed by atoms with Crippen LogP contribution in [-0.2, 0) is 4.79 Å². The molecule has 0 radical (unpaired) electrons. The average Bonchev–Trinajstić information content (AvgIpc) is 3.41. The van der Waals surface area contributed by atoms with Crippen molar-refractivity contribution in [3.05, 3.63) is 53.0 Å². The Kier molecular flexibility index (Phi) is 6.32. The third kappa shape index (κ3) is 4.60. The fourth-order valence-electron chi connectivity index (χ4n) is 4.48. The van der Waals surface area contributed by atoms with Gasteiger partial charge in [-0.2, -0.15) is 5.10 Å². The first-order valence-electron chi connectivity index (χ1n) is 11.0. The summed E-state index contributed by atoms with van der Waals surface area (Å²) in [5.41, 5.74) is 0.924. The van der Waals surface area contributed by atoms with Crippen LogP contribution in [0, 0.1) is 5.92 Å². The Morgan fingerprint density at radius 1 is 0.939 bits per heavy atom. The lowest BCUT2D eigenvalue weighted by Crippen LogP contribution is -2.52. The van der Waals surface area contributed by atoms with Gasteiger partial charge in [-0.3, -0.25) is 4.79 Å². The van der Waals surface area contributed by atoms with Gasteiger partial charge >= 0.3 is 0 Å². The molecule has 0 bridgehead atoms. The highest BCUT2D eigenvalue weighted by atomic mass is 35.5. The van der Waals surface area contributed by atoms with Crippen molar-refractivity contribution in [2.24, 2.45) is 5.92 Å². The molecule has 1 unspecified atom stereocenters. The molecule has 3 aromatic rings. The van der Waals surface area contributed by atoms with E-state index in [2.05, 4.69) is 30.1 Å². The zero-order valence-corrected chi connectivity index (χ0v) is 19.5. The third-order valence-corrected chi connectivity index (χ3v) is 7.06. The monoisotopic (exact) mass is 486 g/mol. The minimum Gasteiger partial charge on any atom is -0.367 e. The second-order valence-electron chi connectivity index (χ2n) is 8.26. The molecular weight excluding hydrogens is 463 g/mol. The first kappa shape index (κ1) is 21.9. The molecule has 1 atom stereocenters. The molecule has 4 heterocycles. The Hall–Kier alpha value is -2.91. The standard InChI is InChI=1S/C22H24Cl2N8O/c23-17-4-1-5-18(21(17)24)29-9-11-30(12-10-29)22(33)16-3-2-8-31(13-16)19-6-7-20(28-27-19)32-15-25-14-26-32/h1,4-7,14-16H,2-3,8-13H2. The number of hydrogen-bond acceptors (Lipinski definition) is 7. The number of anilines is 2. The highest BCUT2D eigenvalue weighted by Crippen LogP contribution is 2.33. The van der Waals surface area contributed by atoms with Crippen molar-refractivity contribution < 1.29 is 4.79 Å². The molecular formula is C22H24Cl2N8O. The predicted octanol–water partition coefficient (Wildman–Crippen LogP) is 2.93. The maximum Gasteiger partial charge on any atom is 0.227 e. The van der Waals surface area contributed by atoms with Gasteiger partial charge in [0.15, 0.2) is 11.6 Å². The summed E-state index contributed by atoms with van der Waals surface area (Å²) in [7, 11) is 0. The number of benzene rings is 1. The summed E-state index contributed by atoms with van der Waals surface area (Å²) < 4.78 is 1.57. The third-order valence-electron chi connectivity index (χ3n) is 6.25. The molecule has 2 fully saturated rings. The molecule has 0 saturated carbocycles. The zero-order chi connectivity index (χ0) is 22.8. The van der Waals surface area contributed by atoms with Crippen LogP contribution in [0.1, 0.15) is 12.8 Å². The first-order chi connectivity index (χ1) is 16.1. The molecule has 1 amide bonds. The maximum atomic E-state index is 13.3. The first-order valence-corrected chi connectivity index (χ1v) is 11.8. The number of hydrogen-bond donors (Lipinski definition) is 0. The number of aromatic nitrogens is 5. The van der Waals surface area contributed by atoms with Crippen molar-refractivity contribution in [1.29, 1.82) is 0 Å². The van der Waals surface area contributed by atoms with Gasteiger partial charge in [-0.1, -0.05) is 29.3 Å². The van der Waals surface area contributed by atoms with Gasteiger partial charge in [-0.25, -0.2) is 9.67 Å². The van der Waals surface area contributed by atoms with Gasteiger partial charge in [0.25, 0.3) is 0 Å². The van der Waals surface area contributed by atoms with Gasteiger partial charge in [-0.05, 0) is 37.1 Å². The normalized spacial score (nSPS) is 19.1. The van der Waals surface area contributed by atoms with Crippen LogP contribution in [0.25, 0.3) is 5.82 Å². The lowest BCUT2D eigenvalue weighted by atomic mass is 9.96. The molecule has 11 heteroatoms. The van der Waals surface area contributed by atoms with Crippen molar-refractivity contribution >= 4 is 40.6 Å². The van der Waals surface area contributed by atoms with Crippen LogP contribution in [0.4, 0.5) is 11.5 Å². The van der Waals surface area contributed by atoms with E-state index in [1.165, 1.54) is 6.33 Å². The molecule has 0 N–H and O–H groups in total. The zero-order valence-electron chi connectivity index (χ0n) is 18.0. The molecule has 0 spiro atoms. The molecule has 0 aliphatic carbocycles. The van der Waals surface area contributed by atoms with Gasteiger partial charge in [0.2, 0.25) is 5.91 Å². The molecule has 2 aliphatic rings. The van der Waals surface area contributed by atoms with Crippen molar-refractivity contribution in [2.45, 2.75) is 12.8 Å². The van der Waals surface area contributed by atoms with E-state index in [-0.39, 0.29) is 11.8 Å². The number of carbonyl (C=O) groups excluding carboxylic acids is 1. The van der Waals surface area contributed by atoms with Gasteiger partial charge in [0.1, 0.15) is 12.7 Å². The van der Waals surface area contributed by atoms with Crippen molar-refractivity contribution in [1.82, 2.24) is 29.9 Å². The summed E-state index contributed by atoms with van der Waals surface area (Å²) in [6.45, 7) is 4.32. The Morgan fingerprint density at radius 3 is 2.45 bits per heavy atom. The van der Waals surface area contributed by atoms with Crippen LogP contribution in [0.5, 0.6) is 0 Å². The Bertz CT molecular complexity index is 1100. The minimum atomic E-state index is -0.0446. The fraction of sp³-hybridized carbons (Fsp3) is 0.409. The van der Waals surface area contributed by atoms with Crippen LogP contribution in [0.15, 0.2) is 43.0 Å². The summed E-state index contributed by atoms with van der Waals surface area (Å²) in [4.78, 5) is 23.5. The van der Waals surface area contributed by atoms with E-state index in [9.17, 15) is 4.79 Å². The lowest BCUT2D eigenvalue weighted by molar-refractivity contribution is -0.136. The topological polar surface area (TPSA) is 83.3 Å². The highest BCUT2D eigenvalue weighted by molar-refractivity contribution is 6.43. The fourth-order valence-corrected chi connectivity index (χ4v) is 4.90. The predicted molar refractivity (Wildman–Crippen MR) is 127 cm³/mol. The van der Waals surface area contributed by atoms with Crippen LogP contribution >= 0.6 is 23.2 Å². The van der Waals surface area contributed by atoms with Crippen LogP contribution in [0.2, 0.25) is 10.0 Å². The summed E-state index contributed by atoms with van der Waals surface area (Å²) in [5.74, 6) is 1.55. The van der Waals surface area contributed by atoms with Crippen LogP contribution in [-0.4, -0.2) is 75.0 Å². The van der Waals surface area contributed by atoms with Crippen molar-refractivity contribution in [3.63, 3.8) is 0 Å². The molecule has 1 aromatic carbocycles. The number of carbonyl (C=O) groups is 1. The SMILES string of the molecule is O=C(C1CCCN(c2ccc(-n3cncn3)nn2)C1)N1CCN(c2cccc(Cl)c2Cl)CC1. The van der Waals surface area contributed by atoms with Crippen molar-refractivity contribution in [2.75, 3.05) is 49.1 Å². The summed E-state index contributed by atoms with van der Waals surface area (Å²) in [5, 5.41) is 13.8. The number of halogens is 2. The number of rotatable bonds is 4.